The summed E-state index contributed by atoms with van der Waals surface area (Å²) in [4.78, 5) is 14.9. The fourth-order valence-electron chi connectivity index (χ4n) is 3.55. The Morgan fingerprint density at radius 2 is 1.50 bits per heavy atom. The van der Waals surface area contributed by atoms with Gasteiger partial charge in [-0.2, -0.15) is 13.2 Å². The van der Waals surface area contributed by atoms with E-state index < -0.39 is 11.8 Å². The molecule has 0 heterocycles. The minimum atomic E-state index is -4.78. The molecule has 0 radical (unpaired) electrons. The zero-order chi connectivity index (χ0) is 19.1. The van der Waals surface area contributed by atoms with Gasteiger partial charge in [-0.3, -0.25) is 4.79 Å². The molecular formula is C19H23ClF3NO2. The lowest BCUT2D eigenvalue weighted by Gasteiger charge is -2.36. The number of hydrogen-bond donors (Lipinski definition) is 1. The number of aliphatic hydroxyl groups is 1. The fraction of sp³-hybridized carbons (Fsp3) is 0.632. The van der Waals surface area contributed by atoms with Crippen molar-refractivity contribution in [2.24, 2.45) is 0 Å². The molecule has 0 spiro atoms. The number of carbonyl (C=O) groups is 1. The van der Waals surface area contributed by atoms with E-state index in [1.807, 2.05) is 4.90 Å². The maximum absolute atomic E-state index is 13.0. The van der Waals surface area contributed by atoms with Crippen LogP contribution in [0.25, 0.3) is 0 Å². The van der Waals surface area contributed by atoms with E-state index in [1.165, 1.54) is 24.3 Å². The van der Waals surface area contributed by atoms with Crippen molar-refractivity contribution < 1.29 is 23.1 Å². The number of rotatable bonds is 4. The Labute approximate surface area is 156 Å². The van der Waals surface area contributed by atoms with Crippen molar-refractivity contribution >= 4 is 17.5 Å². The molecule has 3 rings (SSSR count). The number of nitrogens with zero attached hydrogens (tertiary/aromatic N) is 1. The zero-order valence-corrected chi connectivity index (χ0v) is 15.4. The molecule has 0 bridgehead atoms. The van der Waals surface area contributed by atoms with Gasteiger partial charge < -0.3 is 10.0 Å². The van der Waals surface area contributed by atoms with Crippen molar-refractivity contribution in [2.45, 2.75) is 74.7 Å². The molecule has 2 saturated carbocycles. The van der Waals surface area contributed by atoms with Gasteiger partial charge in [0.05, 0.1) is 0 Å². The molecule has 1 amide bonds. The summed E-state index contributed by atoms with van der Waals surface area (Å²) in [6, 6.07) is 5.48. The summed E-state index contributed by atoms with van der Waals surface area (Å²) in [5.41, 5.74) is -2.86. The van der Waals surface area contributed by atoms with Crippen molar-refractivity contribution in [1.29, 1.82) is 0 Å². The molecule has 7 heteroatoms. The third-order valence-corrected chi connectivity index (χ3v) is 5.88. The Hall–Kier alpha value is -1.27. The van der Waals surface area contributed by atoms with Gasteiger partial charge in [-0.05, 0) is 63.1 Å². The van der Waals surface area contributed by atoms with Crippen molar-refractivity contribution in [3.05, 3.63) is 35.4 Å². The Bertz CT molecular complexity index is 648. The Balaban J connectivity index is 1.78. The SMILES string of the molecule is C[C@](O)(c1ccc(C(=O)N(C2CC2)[C@H]2CC[C@@H](Cl)CC2)cc1)C(F)(F)F. The summed E-state index contributed by atoms with van der Waals surface area (Å²) in [7, 11) is 0. The highest BCUT2D eigenvalue weighted by molar-refractivity contribution is 6.20. The average molecular weight is 390 g/mol. The first kappa shape index (κ1) is 19.5. The number of amides is 1. The third kappa shape index (κ3) is 3.86. The van der Waals surface area contributed by atoms with E-state index in [0.29, 0.717) is 12.5 Å². The van der Waals surface area contributed by atoms with Crippen LogP contribution >= 0.6 is 11.6 Å². The number of benzene rings is 1. The maximum Gasteiger partial charge on any atom is 0.421 e. The van der Waals surface area contributed by atoms with Crippen molar-refractivity contribution in [3.8, 4) is 0 Å². The normalized spacial score (nSPS) is 26.2. The summed E-state index contributed by atoms with van der Waals surface area (Å²) in [5.74, 6) is -0.149. The minimum absolute atomic E-state index is 0.142. The van der Waals surface area contributed by atoms with Gasteiger partial charge in [-0.25, -0.2) is 0 Å². The van der Waals surface area contributed by atoms with Gasteiger partial charge in [0.25, 0.3) is 5.91 Å². The molecule has 144 valence electrons. The summed E-state index contributed by atoms with van der Waals surface area (Å²) in [5, 5.41) is 9.91. The van der Waals surface area contributed by atoms with Gasteiger partial charge in [0, 0.05) is 23.0 Å². The van der Waals surface area contributed by atoms with Crippen molar-refractivity contribution in [1.82, 2.24) is 4.90 Å². The van der Waals surface area contributed by atoms with Gasteiger partial charge in [-0.1, -0.05) is 12.1 Å². The van der Waals surface area contributed by atoms with Crippen LogP contribution in [0.1, 0.15) is 61.4 Å². The standard InChI is InChI=1S/C19H23ClF3NO2/c1-18(26,19(21,22)23)13-4-2-12(3-5-13)17(25)24(16-10-11-16)15-8-6-14(20)7-9-15/h2-5,14-16,26H,6-11H2,1H3/t14-,15+,18-/m0/s1. The summed E-state index contributed by atoms with van der Waals surface area (Å²) in [6.07, 6.45) is 0.611. The van der Waals surface area contributed by atoms with Gasteiger partial charge in [0.2, 0.25) is 0 Å². The van der Waals surface area contributed by atoms with Gasteiger partial charge in [-0.15, -0.1) is 11.6 Å². The molecule has 0 unspecified atom stereocenters. The van der Waals surface area contributed by atoms with Crippen LogP contribution < -0.4 is 0 Å². The Morgan fingerprint density at radius 3 is 1.92 bits per heavy atom. The second kappa shape index (κ2) is 7.04. The number of alkyl halides is 4. The van der Waals surface area contributed by atoms with E-state index in [-0.39, 0.29) is 28.9 Å². The highest BCUT2D eigenvalue weighted by atomic mass is 35.5. The van der Waals surface area contributed by atoms with Crippen molar-refractivity contribution in [2.75, 3.05) is 0 Å². The van der Waals surface area contributed by atoms with Gasteiger partial charge in [0.15, 0.2) is 5.60 Å². The molecule has 2 aliphatic rings. The van der Waals surface area contributed by atoms with E-state index in [9.17, 15) is 23.1 Å². The van der Waals surface area contributed by atoms with Gasteiger partial charge in [0.1, 0.15) is 0 Å². The monoisotopic (exact) mass is 389 g/mol. The summed E-state index contributed by atoms with van der Waals surface area (Å²) >= 11 is 6.16. The van der Waals surface area contributed by atoms with Crippen LogP contribution in [0.15, 0.2) is 24.3 Å². The molecule has 1 atom stereocenters. The first-order valence-electron chi connectivity index (χ1n) is 8.97. The number of halogens is 4. The fourth-order valence-corrected chi connectivity index (χ4v) is 3.80. The average Bonchev–Trinajstić information content (AvgIpc) is 3.41. The molecule has 0 saturated heterocycles. The smallest absolute Gasteiger partial charge is 0.376 e. The highest BCUT2D eigenvalue weighted by Gasteiger charge is 2.51. The molecule has 3 nitrogen and oxygen atoms in total. The largest absolute Gasteiger partial charge is 0.421 e. The van der Waals surface area contributed by atoms with Crippen LogP contribution in [0, 0.1) is 0 Å². The topological polar surface area (TPSA) is 40.5 Å². The predicted molar refractivity (Wildman–Crippen MR) is 93.2 cm³/mol. The lowest BCUT2D eigenvalue weighted by atomic mass is 9.92. The third-order valence-electron chi connectivity index (χ3n) is 5.44. The summed E-state index contributed by atoms with van der Waals surface area (Å²) in [6.45, 7) is 0.713. The van der Waals surface area contributed by atoms with E-state index in [1.54, 1.807) is 0 Å². The molecule has 0 aromatic heterocycles. The molecule has 2 fully saturated rings. The molecule has 0 aliphatic heterocycles. The van der Waals surface area contributed by atoms with Crippen LogP contribution in [-0.2, 0) is 5.60 Å². The lowest BCUT2D eigenvalue weighted by Crippen LogP contribution is -2.44. The van der Waals surface area contributed by atoms with Crippen LogP contribution in [0.5, 0.6) is 0 Å². The second-order valence-electron chi connectivity index (χ2n) is 7.50. The zero-order valence-electron chi connectivity index (χ0n) is 14.6. The molecule has 1 aromatic carbocycles. The Morgan fingerprint density at radius 1 is 1.04 bits per heavy atom. The van der Waals surface area contributed by atoms with E-state index in [0.717, 1.165) is 38.5 Å². The van der Waals surface area contributed by atoms with E-state index >= 15 is 0 Å². The van der Waals surface area contributed by atoms with E-state index in [2.05, 4.69) is 0 Å². The minimum Gasteiger partial charge on any atom is -0.376 e. The van der Waals surface area contributed by atoms with Gasteiger partial charge >= 0.3 is 6.18 Å². The van der Waals surface area contributed by atoms with Crippen LogP contribution in [0.4, 0.5) is 13.2 Å². The number of hydrogen-bond acceptors (Lipinski definition) is 2. The quantitative estimate of drug-likeness (QED) is 0.764. The van der Waals surface area contributed by atoms with Crippen LogP contribution in [0.2, 0.25) is 0 Å². The maximum atomic E-state index is 13.0. The predicted octanol–water partition coefficient (Wildman–Crippen LogP) is 4.61. The van der Waals surface area contributed by atoms with Crippen LogP contribution in [0.3, 0.4) is 0 Å². The number of carbonyl (C=O) groups excluding carboxylic acids is 1. The first-order valence-corrected chi connectivity index (χ1v) is 9.41. The Kier molecular flexibility index (Phi) is 5.28. The second-order valence-corrected chi connectivity index (χ2v) is 8.11. The molecule has 1 aromatic rings. The first-order chi connectivity index (χ1) is 12.1. The highest BCUT2D eigenvalue weighted by Crippen LogP contribution is 2.39. The molecular weight excluding hydrogens is 367 g/mol. The van der Waals surface area contributed by atoms with E-state index in [4.69, 9.17) is 11.6 Å². The molecule has 1 N–H and O–H groups in total. The lowest BCUT2D eigenvalue weighted by molar-refractivity contribution is -0.258. The molecule has 2 aliphatic carbocycles. The molecule has 26 heavy (non-hydrogen) atoms. The van der Waals surface area contributed by atoms with Crippen molar-refractivity contribution in [3.63, 3.8) is 0 Å². The van der Waals surface area contributed by atoms with Crippen LogP contribution in [-0.4, -0.2) is 39.6 Å². The summed E-state index contributed by atoms with van der Waals surface area (Å²) < 4.78 is 38.9.